The third-order valence-corrected chi connectivity index (χ3v) is 11.1. The van der Waals surface area contributed by atoms with Gasteiger partial charge in [0.15, 0.2) is 12.6 Å². The van der Waals surface area contributed by atoms with Crippen molar-refractivity contribution in [1.82, 2.24) is 5.32 Å². The first-order valence-corrected chi connectivity index (χ1v) is 17.7. The summed E-state index contributed by atoms with van der Waals surface area (Å²) < 4.78 is 37.0. The molecule has 3 fully saturated rings. The molecule has 3 heterocycles. The Morgan fingerprint density at radius 3 is 2.08 bits per heavy atom. The van der Waals surface area contributed by atoms with Gasteiger partial charge in [0, 0.05) is 43.7 Å². The van der Waals surface area contributed by atoms with E-state index in [2.05, 4.69) is 5.32 Å². The van der Waals surface area contributed by atoms with E-state index in [4.69, 9.17) is 28.4 Å². The average molecular weight is 690 g/mol. The first kappa shape index (κ1) is 41.2. The molecule has 3 rings (SSSR count). The van der Waals surface area contributed by atoms with Crippen molar-refractivity contribution in [1.29, 1.82) is 0 Å². The van der Waals surface area contributed by atoms with Crippen LogP contribution in [0.3, 0.4) is 0 Å². The van der Waals surface area contributed by atoms with Crippen LogP contribution >= 0.6 is 0 Å². The van der Waals surface area contributed by atoms with Crippen molar-refractivity contribution in [3.05, 3.63) is 0 Å². The Hall–Kier alpha value is -1.26. The summed E-state index contributed by atoms with van der Waals surface area (Å²) >= 11 is 0. The van der Waals surface area contributed by atoms with Crippen molar-refractivity contribution in [2.24, 2.45) is 23.7 Å². The molecule has 5 N–H and O–H groups in total. The van der Waals surface area contributed by atoms with Gasteiger partial charge in [-0.25, -0.2) is 0 Å². The van der Waals surface area contributed by atoms with E-state index in [9.17, 15) is 30.0 Å². The van der Waals surface area contributed by atoms with E-state index >= 15 is 0 Å². The highest BCUT2D eigenvalue weighted by molar-refractivity contribution is 5.83. The number of hydrogen-bond donors (Lipinski definition) is 5. The maximum Gasteiger partial charge on any atom is 0.311 e. The number of cyclic esters (lactones) is 1. The zero-order valence-electron chi connectivity index (χ0n) is 30.8. The molecule has 13 nitrogen and oxygen atoms in total. The number of hydrogen-bond acceptors (Lipinski definition) is 13. The van der Waals surface area contributed by atoms with Crippen molar-refractivity contribution in [2.45, 2.75) is 173 Å². The van der Waals surface area contributed by atoms with Crippen LogP contribution in [-0.4, -0.2) is 125 Å². The molecular weight excluding hydrogens is 626 g/mol. The van der Waals surface area contributed by atoms with Gasteiger partial charge in [-0.1, -0.05) is 27.7 Å². The topological polar surface area (TPSA) is 182 Å². The summed E-state index contributed by atoms with van der Waals surface area (Å²) in [7, 11) is 3.37. The molecule has 0 radical (unpaired) electrons. The van der Waals surface area contributed by atoms with Gasteiger partial charge in [-0.15, -0.1) is 0 Å². The third kappa shape index (κ3) is 9.15. The summed E-state index contributed by atoms with van der Waals surface area (Å²) in [5.74, 6) is -4.46. The summed E-state index contributed by atoms with van der Waals surface area (Å²) in [4.78, 5) is 27.6. The van der Waals surface area contributed by atoms with Gasteiger partial charge in [-0.3, -0.25) is 9.59 Å². The molecule has 0 aromatic rings. The van der Waals surface area contributed by atoms with E-state index in [-0.39, 0.29) is 37.2 Å². The first-order valence-electron chi connectivity index (χ1n) is 17.7. The van der Waals surface area contributed by atoms with Crippen LogP contribution in [0.25, 0.3) is 0 Å². The first-order chi connectivity index (χ1) is 22.3. The average Bonchev–Trinajstić information content (AvgIpc) is 3.04. The van der Waals surface area contributed by atoms with Crippen molar-refractivity contribution >= 4 is 11.8 Å². The number of carbonyl (C=O) groups excluding carboxylic acids is 2. The molecular formula is C35H63NO12. The molecule has 3 aliphatic rings. The Bertz CT molecular complexity index is 1060. The number of aliphatic hydroxyl groups excluding tert-OH is 3. The summed E-state index contributed by atoms with van der Waals surface area (Å²) in [5.41, 5.74) is -2.96. The standard InChI is InChI=1S/C35H63NO12/c1-12-25-35(9,42)31(39)19(4)28(38)17(2)13-24(37)30(47-26-15-23(36-10)14-18(3)44-26)20(5)29(21(6)33(41)46-25)48-27-16-34(8,43-11)32(40)22(7)45-27/h17-27,29-32,36-37,39-40,42H,12-16H2,1-11H3/t17-,18-,19+,20+,21-,22+,23+,24-,25-,26+,27+,29+,30-,31-,32+,34-,35-/m1/s1. The Morgan fingerprint density at radius 2 is 1.50 bits per heavy atom. The number of aliphatic hydroxyl groups is 4. The fourth-order valence-corrected chi connectivity index (χ4v) is 7.73. The molecule has 3 saturated heterocycles. The second-order valence-corrected chi connectivity index (χ2v) is 15.0. The van der Waals surface area contributed by atoms with E-state index in [0.717, 1.165) is 6.42 Å². The van der Waals surface area contributed by atoms with Crippen LogP contribution in [0.1, 0.15) is 94.4 Å². The van der Waals surface area contributed by atoms with Gasteiger partial charge in [-0.2, -0.15) is 0 Å². The summed E-state index contributed by atoms with van der Waals surface area (Å²) in [6.45, 7) is 15.1. The predicted molar refractivity (Wildman–Crippen MR) is 176 cm³/mol. The van der Waals surface area contributed by atoms with Gasteiger partial charge in [-0.05, 0) is 60.9 Å². The van der Waals surface area contributed by atoms with Gasteiger partial charge in [0.1, 0.15) is 23.6 Å². The summed E-state index contributed by atoms with van der Waals surface area (Å²) in [5, 5.41) is 48.7. The molecule has 0 unspecified atom stereocenters. The van der Waals surface area contributed by atoms with Crippen LogP contribution in [0.5, 0.6) is 0 Å². The van der Waals surface area contributed by atoms with Crippen LogP contribution in [0.15, 0.2) is 0 Å². The van der Waals surface area contributed by atoms with E-state index in [1.165, 1.54) is 21.0 Å². The number of esters is 1. The van der Waals surface area contributed by atoms with Crippen LogP contribution in [0.4, 0.5) is 0 Å². The third-order valence-electron chi connectivity index (χ3n) is 11.1. The van der Waals surface area contributed by atoms with Gasteiger partial charge in [0.2, 0.25) is 0 Å². The van der Waals surface area contributed by atoms with Crippen molar-refractivity contribution in [3.63, 3.8) is 0 Å². The van der Waals surface area contributed by atoms with Crippen LogP contribution in [0, 0.1) is 23.7 Å². The summed E-state index contributed by atoms with van der Waals surface area (Å²) in [6.07, 6.45) is -7.59. The molecule has 17 atom stereocenters. The largest absolute Gasteiger partial charge is 0.459 e. The second kappa shape index (κ2) is 16.8. The van der Waals surface area contributed by atoms with Gasteiger partial charge < -0.3 is 54.2 Å². The molecule has 0 bridgehead atoms. The lowest BCUT2D eigenvalue weighted by molar-refractivity contribution is -0.304. The number of ketones is 1. The van der Waals surface area contributed by atoms with Crippen molar-refractivity contribution in [2.75, 3.05) is 14.2 Å². The minimum Gasteiger partial charge on any atom is -0.459 e. The molecule has 0 spiro atoms. The van der Waals surface area contributed by atoms with Crippen LogP contribution in [-0.2, 0) is 38.0 Å². The van der Waals surface area contributed by atoms with Crippen LogP contribution in [0.2, 0.25) is 0 Å². The Kier molecular flexibility index (Phi) is 14.4. The zero-order valence-corrected chi connectivity index (χ0v) is 30.8. The zero-order chi connectivity index (χ0) is 36.3. The number of methoxy groups -OCH3 is 1. The molecule has 48 heavy (non-hydrogen) atoms. The molecule has 0 aromatic heterocycles. The van der Waals surface area contributed by atoms with Crippen LogP contribution < -0.4 is 5.32 Å². The van der Waals surface area contributed by atoms with Gasteiger partial charge >= 0.3 is 5.97 Å². The molecule has 0 aromatic carbocycles. The molecule has 3 aliphatic heterocycles. The molecule has 0 aliphatic carbocycles. The maximum atomic E-state index is 13.9. The SMILES string of the molecule is CC[C@H]1OC(=O)[C@H](C)[C@@H](O[C@H]2C[C@@](C)(OC)[C@@H](O)[C@H](C)O2)[C@H](C)[C@@H](O[C@H]2C[C@@H](NC)C[C@@H](C)O2)[C@H](O)C[C@@H](C)C(=O)[C@H](C)[C@@H](O)[C@]1(C)O. The highest BCUT2D eigenvalue weighted by atomic mass is 16.7. The number of rotatable bonds is 7. The van der Waals surface area contributed by atoms with Gasteiger partial charge in [0.05, 0.1) is 48.1 Å². The monoisotopic (exact) mass is 689 g/mol. The fraction of sp³-hybridized carbons (Fsp3) is 0.943. The minimum atomic E-state index is -1.95. The lowest BCUT2D eigenvalue weighted by atomic mass is 9.77. The number of Topliss-reactive ketones (excluding diaryl/α,β-unsaturated/α-hetero) is 1. The van der Waals surface area contributed by atoms with E-state index < -0.39 is 96.2 Å². The molecule has 13 heteroatoms. The van der Waals surface area contributed by atoms with E-state index in [1.54, 1.807) is 41.5 Å². The molecule has 0 saturated carbocycles. The Balaban J connectivity index is 2.09. The molecule has 0 amide bonds. The van der Waals surface area contributed by atoms with E-state index in [1.807, 2.05) is 14.0 Å². The highest BCUT2D eigenvalue weighted by Crippen LogP contribution is 2.38. The summed E-state index contributed by atoms with van der Waals surface area (Å²) in [6, 6.07) is 0.113. The predicted octanol–water partition coefficient (Wildman–Crippen LogP) is 2.08. The Labute approximate surface area is 286 Å². The Morgan fingerprint density at radius 1 is 0.875 bits per heavy atom. The fourth-order valence-electron chi connectivity index (χ4n) is 7.73. The smallest absolute Gasteiger partial charge is 0.311 e. The second-order valence-electron chi connectivity index (χ2n) is 15.0. The van der Waals surface area contributed by atoms with E-state index in [0.29, 0.717) is 6.42 Å². The number of nitrogens with one attached hydrogen (secondary N) is 1. The highest BCUT2D eigenvalue weighted by Gasteiger charge is 2.51. The lowest BCUT2D eigenvalue weighted by Crippen LogP contribution is -2.58. The van der Waals surface area contributed by atoms with Crippen molar-refractivity contribution in [3.8, 4) is 0 Å². The number of ether oxygens (including phenoxy) is 6. The maximum absolute atomic E-state index is 13.9. The number of carbonyl (C=O) groups is 2. The minimum absolute atomic E-state index is 0.0154. The lowest BCUT2D eigenvalue weighted by Gasteiger charge is -2.47. The van der Waals surface area contributed by atoms with Gasteiger partial charge in [0.25, 0.3) is 0 Å². The van der Waals surface area contributed by atoms with Crippen molar-refractivity contribution < 1.29 is 58.4 Å². The normalized spacial score (nSPS) is 48.9. The molecule has 280 valence electrons. The quantitative estimate of drug-likeness (QED) is 0.245.